The number of hydrogen-bond acceptors (Lipinski definition) is 1. The monoisotopic (exact) mass is 351 g/mol. The Kier molecular flexibility index (Phi) is 5.25. The highest BCUT2D eigenvalue weighted by atomic mass is 79.9. The van der Waals surface area contributed by atoms with Gasteiger partial charge in [0.05, 0.1) is 11.1 Å². The first kappa shape index (κ1) is 15.6. The van der Waals surface area contributed by atoms with Gasteiger partial charge in [-0.05, 0) is 65.1 Å². The van der Waals surface area contributed by atoms with Crippen LogP contribution in [0.25, 0.3) is 0 Å². The SMILES string of the molecule is CCNC(c1ccc(Br)c(Cl)c1)c1ccc(C)cc1C. The molecule has 3 heteroatoms. The number of benzene rings is 2. The zero-order valence-corrected chi connectivity index (χ0v) is 14.3. The Morgan fingerprint density at radius 1 is 1.15 bits per heavy atom. The fraction of sp³-hybridized carbons (Fsp3) is 0.294. The molecule has 0 aliphatic carbocycles. The minimum absolute atomic E-state index is 0.172. The van der Waals surface area contributed by atoms with E-state index in [9.17, 15) is 0 Å². The van der Waals surface area contributed by atoms with Gasteiger partial charge in [-0.3, -0.25) is 0 Å². The van der Waals surface area contributed by atoms with Gasteiger partial charge in [-0.2, -0.15) is 0 Å². The molecule has 1 unspecified atom stereocenters. The molecule has 1 nitrogen and oxygen atoms in total. The van der Waals surface area contributed by atoms with Gasteiger partial charge in [0.2, 0.25) is 0 Å². The van der Waals surface area contributed by atoms with E-state index in [0.29, 0.717) is 0 Å². The predicted molar refractivity (Wildman–Crippen MR) is 90.6 cm³/mol. The zero-order chi connectivity index (χ0) is 14.7. The molecule has 0 spiro atoms. The number of nitrogens with one attached hydrogen (secondary N) is 1. The third-order valence-corrected chi connectivity index (χ3v) is 4.65. The third-order valence-electron chi connectivity index (χ3n) is 3.42. The van der Waals surface area contributed by atoms with E-state index in [1.54, 1.807) is 0 Å². The predicted octanol–water partition coefficient (Wildman–Crippen LogP) is 5.42. The van der Waals surface area contributed by atoms with Gasteiger partial charge in [0.15, 0.2) is 0 Å². The van der Waals surface area contributed by atoms with Crippen molar-refractivity contribution in [2.75, 3.05) is 6.54 Å². The average Bonchev–Trinajstić information content (AvgIpc) is 2.40. The molecule has 0 saturated carbocycles. The van der Waals surface area contributed by atoms with Gasteiger partial charge >= 0.3 is 0 Å². The second-order valence-corrected chi connectivity index (χ2v) is 6.29. The molecule has 106 valence electrons. The molecule has 0 aliphatic rings. The quantitative estimate of drug-likeness (QED) is 0.775. The van der Waals surface area contributed by atoms with Crippen LogP contribution in [-0.4, -0.2) is 6.54 Å². The first-order chi connectivity index (χ1) is 9.52. The summed E-state index contributed by atoms with van der Waals surface area (Å²) in [5.74, 6) is 0. The van der Waals surface area contributed by atoms with E-state index in [-0.39, 0.29) is 6.04 Å². The highest BCUT2D eigenvalue weighted by Gasteiger charge is 2.16. The Balaban J connectivity index is 2.47. The first-order valence-electron chi connectivity index (χ1n) is 6.78. The molecule has 0 saturated heterocycles. The molecule has 0 bridgehead atoms. The van der Waals surface area contributed by atoms with Gasteiger partial charge in [0.25, 0.3) is 0 Å². The second kappa shape index (κ2) is 6.75. The molecule has 0 heterocycles. The second-order valence-electron chi connectivity index (χ2n) is 5.02. The maximum Gasteiger partial charge on any atom is 0.0579 e. The summed E-state index contributed by atoms with van der Waals surface area (Å²) in [4.78, 5) is 0. The summed E-state index contributed by atoms with van der Waals surface area (Å²) in [5, 5.41) is 4.29. The Morgan fingerprint density at radius 3 is 2.50 bits per heavy atom. The van der Waals surface area contributed by atoms with Gasteiger partial charge in [-0.1, -0.05) is 48.4 Å². The van der Waals surface area contributed by atoms with Crippen LogP contribution < -0.4 is 5.32 Å². The van der Waals surface area contributed by atoms with E-state index in [4.69, 9.17) is 11.6 Å². The van der Waals surface area contributed by atoms with Crippen LogP contribution in [0.1, 0.15) is 35.2 Å². The summed E-state index contributed by atoms with van der Waals surface area (Å²) in [7, 11) is 0. The van der Waals surface area contributed by atoms with E-state index < -0.39 is 0 Å². The van der Waals surface area contributed by atoms with E-state index in [0.717, 1.165) is 16.0 Å². The summed E-state index contributed by atoms with van der Waals surface area (Å²) in [6, 6.07) is 12.9. The molecular formula is C17H19BrClN. The first-order valence-corrected chi connectivity index (χ1v) is 7.95. The zero-order valence-electron chi connectivity index (χ0n) is 12.0. The molecule has 2 aromatic rings. The molecular weight excluding hydrogens is 334 g/mol. The topological polar surface area (TPSA) is 12.0 Å². The number of hydrogen-bond donors (Lipinski definition) is 1. The fourth-order valence-electron chi connectivity index (χ4n) is 2.45. The van der Waals surface area contributed by atoms with E-state index in [1.165, 1.54) is 22.3 Å². The van der Waals surface area contributed by atoms with Crippen molar-refractivity contribution in [3.63, 3.8) is 0 Å². The van der Waals surface area contributed by atoms with Gasteiger partial charge in [-0.15, -0.1) is 0 Å². The van der Waals surface area contributed by atoms with Crippen molar-refractivity contribution < 1.29 is 0 Å². The molecule has 0 aliphatic heterocycles. The molecule has 2 aromatic carbocycles. The Hall–Kier alpha value is -0.830. The number of aryl methyl sites for hydroxylation is 2. The minimum atomic E-state index is 0.172. The third kappa shape index (κ3) is 3.43. The Labute approximate surface area is 134 Å². The van der Waals surface area contributed by atoms with Crippen LogP contribution in [0.2, 0.25) is 5.02 Å². The lowest BCUT2D eigenvalue weighted by Gasteiger charge is -2.22. The van der Waals surface area contributed by atoms with Crippen molar-refractivity contribution in [1.82, 2.24) is 5.32 Å². The number of halogens is 2. The molecule has 1 N–H and O–H groups in total. The summed E-state index contributed by atoms with van der Waals surface area (Å²) >= 11 is 9.68. The maximum absolute atomic E-state index is 6.24. The lowest BCUT2D eigenvalue weighted by atomic mass is 9.94. The largest absolute Gasteiger partial charge is 0.307 e. The molecule has 0 fully saturated rings. The highest BCUT2D eigenvalue weighted by Crippen LogP contribution is 2.30. The molecule has 0 radical (unpaired) electrons. The summed E-state index contributed by atoms with van der Waals surface area (Å²) < 4.78 is 0.929. The van der Waals surface area contributed by atoms with Gasteiger partial charge in [0.1, 0.15) is 0 Å². The van der Waals surface area contributed by atoms with Crippen molar-refractivity contribution in [3.05, 3.63) is 68.1 Å². The van der Waals surface area contributed by atoms with Gasteiger partial charge in [-0.25, -0.2) is 0 Å². The summed E-state index contributed by atoms with van der Waals surface area (Å²) in [6.45, 7) is 7.31. The van der Waals surface area contributed by atoms with Crippen molar-refractivity contribution >= 4 is 27.5 Å². The van der Waals surface area contributed by atoms with E-state index in [1.807, 2.05) is 12.1 Å². The lowest BCUT2D eigenvalue weighted by Crippen LogP contribution is -2.22. The molecule has 1 atom stereocenters. The fourth-order valence-corrected chi connectivity index (χ4v) is 2.89. The van der Waals surface area contributed by atoms with Gasteiger partial charge < -0.3 is 5.32 Å². The van der Waals surface area contributed by atoms with E-state index >= 15 is 0 Å². The molecule has 2 rings (SSSR count). The summed E-state index contributed by atoms with van der Waals surface area (Å²) in [6.07, 6.45) is 0. The molecule has 20 heavy (non-hydrogen) atoms. The van der Waals surface area contributed by atoms with Crippen molar-refractivity contribution in [2.24, 2.45) is 0 Å². The van der Waals surface area contributed by atoms with Crippen LogP contribution in [0, 0.1) is 13.8 Å². The highest BCUT2D eigenvalue weighted by molar-refractivity contribution is 9.10. The standard InChI is InChI=1S/C17H19BrClN/c1-4-20-17(13-6-8-15(18)16(19)10-13)14-7-5-11(2)9-12(14)3/h5-10,17,20H,4H2,1-3H3. The van der Waals surface area contributed by atoms with Crippen molar-refractivity contribution in [1.29, 1.82) is 0 Å². The van der Waals surface area contributed by atoms with Crippen molar-refractivity contribution in [2.45, 2.75) is 26.8 Å². The van der Waals surface area contributed by atoms with Crippen LogP contribution in [0.4, 0.5) is 0 Å². The smallest absolute Gasteiger partial charge is 0.0579 e. The maximum atomic E-state index is 6.24. The van der Waals surface area contributed by atoms with Crippen LogP contribution in [0.15, 0.2) is 40.9 Å². The average molecular weight is 353 g/mol. The minimum Gasteiger partial charge on any atom is -0.307 e. The summed E-state index contributed by atoms with van der Waals surface area (Å²) in [5.41, 5.74) is 5.08. The van der Waals surface area contributed by atoms with Crippen LogP contribution in [0.3, 0.4) is 0 Å². The molecule has 0 amide bonds. The van der Waals surface area contributed by atoms with E-state index in [2.05, 4.69) is 66.3 Å². The normalized spacial score (nSPS) is 12.4. The lowest BCUT2D eigenvalue weighted by molar-refractivity contribution is 0.627. The number of rotatable bonds is 4. The Morgan fingerprint density at radius 2 is 1.90 bits per heavy atom. The molecule has 0 aromatic heterocycles. The van der Waals surface area contributed by atoms with Crippen LogP contribution in [-0.2, 0) is 0 Å². The van der Waals surface area contributed by atoms with Crippen molar-refractivity contribution in [3.8, 4) is 0 Å². The van der Waals surface area contributed by atoms with Gasteiger partial charge in [0, 0.05) is 4.47 Å². The van der Waals surface area contributed by atoms with Crippen LogP contribution in [0.5, 0.6) is 0 Å². The van der Waals surface area contributed by atoms with Crippen LogP contribution >= 0.6 is 27.5 Å². The Bertz CT molecular complexity index is 610.